The molecule has 6 heteroatoms. The number of benzene rings is 1. The van der Waals surface area contributed by atoms with Crippen molar-refractivity contribution in [2.45, 2.75) is 38.8 Å². The maximum atomic E-state index is 13.4. The standard InChI is InChI=1S/C19H25N3O2S/c1-16-7-9-17(10-8-16)19-18-6-5-11-20(18)14-15-22(19)25(23,24)21-12-3-2-4-13-21/h5-11,19H,2-4,12-15H2,1H3. The second-order valence-electron chi connectivity index (χ2n) is 7.02. The van der Waals surface area contributed by atoms with Gasteiger partial charge in [-0.15, -0.1) is 0 Å². The van der Waals surface area contributed by atoms with Gasteiger partial charge in [-0.05, 0) is 37.5 Å². The average molecular weight is 359 g/mol. The van der Waals surface area contributed by atoms with Crippen molar-refractivity contribution in [3.8, 4) is 0 Å². The summed E-state index contributed by atoms with van der Waals surface area (Å²) in [7, 11) is -3.46. The Morgan fingerprint density at radius 3 is 2.36 bits per heavy atom. The van der Waals surface area contributed by atoms with Crippen molar-refractivity contribution in [2.75, 3.05) is 19.6 Å². The SMILES string of the molecule is Cc1ccc(C2c3cccn3CCN2S(=O)(=O)N2CCCCC2)cc1. The lowest BCUT2D eigenvalue weighted by atomic mass is 10.0. The van der Waals surface area contributed by atoms with Gasteiger partial charge in [-0.1, -0.05) is 36.2 Å². The number of hydrogen-bond donors (Lipinski definition) is 0. The van der Waals surface area contributed by atoms with Crippen molar-refractivity contribution in [1.29, 1.82) is 0 Å². The molecule has 1 saturated heterocycles. The molecule has 25 heavy (non-hydrogen) atoms. The summed E-state index contributed by atoms with van der Waals surface area (Å²) in [5.74, 6) is 0. The van der Waals surface area contributed by atoms with Crippen molar-refractivity contribution in [3.05, 3.63) is 59.4 Å². The summed E-state index contributed by atoms with van der Waals surface area (Å²) < 4.78 is 32.3. The molecule has 134 valence electrons. The van der Waals surface area contributed by atoms with Gasteiger partial charge in [0.25, 0.3) is 10.2 Å². The molecule has 2 aromatic rings. The fraction of sp³-hybridized carbons (Fsp3) is 0.474. The molecule has 0 spiro atoms. The molecule has 5 nitrogen and oxygen atoms in total. The Morgan fingerprint density at radius 2 is 1.64 bits per heavy atom. The first-order valence-corrected chi connectivity index (χ1v) is 10.5. The molecule has 2 aliphatic rings. The highest BCUT2D eigenvalue weighted by atomic mass is 32.2. The average Bonchev–Trinajstić information content (AvgIpc) is 3.11. The molecular formula is C19H25N3O2S. The molecule has 2 aliphatic heterocycles. The summed E-state index contributed by atoms with van der Waals surface area (Å²) >= 11 is 0. The van der Waals surface area contributed by atoms with Crippen LogP contribution in [0, 0.1) is 6.92 Å². The smallest absolute Gasteiger partial charge is 0.282 e. The summed E-state index contributed by atoms with van der Waals surface area (Å²) in [5.41, 5.74) is 3.27. The van der Waals surface area contributed by atoms with E-state index in [9.17, 15) is 8.42 Å². The maximum Gasteiger partial charge on any atom is 0.282 e. The lowest BCUT2D eigenvalue weighted by Gasteiger charge is -2.40. The van der Waals surface area contributed by atoms with Crippen LogP contribution in [0.1, 0.15) is 42.1 Å². The first kappa shape index (κ1) is 16.8. The van der Waals surface area contributed by atoms with Crippen molar-refractivity contribution in [1.82, 2.24) is 13.2 Å². The molecule has 4 rings (SSSR count). The minimum atomic E-state index is -3.46. The van der Waals surface area contributed by atoms with Gasteiger partial charge in [-0.2, -0.15) is 17.0 Å². The number of aryl methyl sites for hydroxylation is 1. The van der Waals surface area contributed by atoms with E-state index in [4.69, 9.17) is 0 Å². The third kappa shape index (κ3) is 3.03. The van der Waals surface area contributed by atoms with Gasteiger partial charge in [-0.25, -0.2) is 0 Å². The number of hydrogen-bond acceptors (Lipinski definition) is 2. The summed E-state index contributed by atoms with van der Waals surface area (Å²) in [5, 5.41) is 0. The van der Waals surface area contributed by atoms with E-state index in [1.807, 2.05) is 18.3 Å². The zero-order chi connectivity index (χ0) is 17.4. The monoisotopic (exact) mass is 359 g/mol. The zero-order valence-corrected chi connectivity index (χ0v) is 15.5. The van der Waals surface area contributed by atoms with Crippen LogP contribution < -0.4 is 0 Å². The molecule has 0 N–H and O–H groups in total. The van der Waals surface area contributed by atoms with Crippen LogP contribution in [0.4, 0.5) is 0 Å². The van der Waals surface area contributed by atoms with E-state index in [2.05, 4.69) is 35.8 Å². The van der Waals surface area contributed by atoms with Gasteiger partial charge in [0, 0.05) is 38.1 Å². The topological polar surface area (TPSA) is 45.6 Å². The zero-order valence-electron chi connectivity index (χ0n) is 14.6. The summed E-state index contributed by atoms with van der Waals surface area (Å²) in [6.45, 7) is 4.55. The first-order valence-electron chi connectivity index (χ1n) is 9.06. The van der Waals surface area contributed by atoms with Crippen LogP contribution in [0.3, 0.4) is 0 Å². The molecule has 1 unspecified atom stereocenters. The highest BCUT2D eigenvalue weighted by Gasteiger charge is 2.40. The van der Waals surface area contributed by atoms with E-state index in [0.29, 0.717) is 26.2 Å². The molecule has 0 aliphatic carbocycles. The van der Waals surface area contributed by atoms with Crippen LogP contribution in [0.5, 0.6) is 0 Å². The molecule has 0 radical (unpaired) electrons. The minimum Gasteiger partial charge on any atom is -0.348 e. The maximum absolute atomic E-state index is 13.4. The fourth-order valence-corrected chi connectivity index (χ4v) is 5.77. The Kier molecular flexibility index (Phi) is 4.43. The third-order valence-corrected chi connectivity index (χ3v) is 7.33. The van der Waals surface area contributed by atoms with Crippen molar-refractivity contribution in [3.63, 3.8) is 0 Å². The molecule has 1 aromatic carbocycles. The molecule has 1 fully saturated rings. The van der Waals surface area contributed by atoms with E-state index in [0.717, 1.165) is 30.5 Å². The van der Waals surface area contributed by atoms with E-state index in [1.165, 1.54) is 5.56 Å². The lowest BCUT2D eigenvalue weighted by Crippen LogP contribution is -2.50. The number of fused-ring (bicyclic) bond motifs is 1. The van der Waals surface area contributed by atoms with Crippen LogP contribution in [-0.2, 0) is 16.8 Å². The van der Waals surface area contributed by atoms with Crippen LogP contribution in [0.2, 0.25) is 0 Å². The largest absolute Gasteiger partial charge is 0.348 e. The van der Waals surface area contributed by atoms with Crippen molar-refractivity contribution < 1.29 is 8.42 Å². The van der Waals surface area contributed by atoms with Gasteiger partial charge >= 0.3 is 0 Å². The van der Waals surface area contributed by atoms with E-state index in [-0.39, 0.29) is 6.04 Å². The number of piperidine rings is 1. The molecule has 1 aromatic heterocycles. The number of nitrogens with zero attached hydrogens (tertiary/aromatic N) is 3. The second kappa shape index (κ2) is 6.59. The molecule has 0 bridgehead atoms. The highest BCUT2D eigenvalue weighted by molar-refractivity contribution is 7.86. The Labute approximate surface area is 150 Å². The number of aromatic nitrogens is 1. The van der Waals surface area contributed by atoms with Crippen LogP contribution in [-0.4, -0.2) is 41.2 Å². The van der Waals surface area contributed by atoms with Gasteiger partial charge in [0.2, 0.25) is 0 Å². The molecule has 1 atom stereocenters. The molecule has 0 amide bonds. The minimum absolute atomic E-state index is 0.253. The van der Waals surface area contributed by atoms with Gasteiger partial charge in [-0.3, -0.25) is 0 Å². The van der Waals surface area contributed by atoms with Crippen LogP contribution in [0.15, 0.2) is 42.6 Å². The molecular weight excluding hydrogens is 334 g/mol. The van der Waals surface area contributed by atoms with Gasteiger partial charge in [0.05, 0.1) is 6.04 Å². The van der Waals surface area contributed by atoms with E-state index < -0.39 is 10.2 Å². The Morgan fingerprint density at radius 1 is 0.920 bits per heavy atom. The van der Waals surface area contributed by atoms with Crippen molar-refractivity contribution >= 4 is 10.2 Å². The summed E-state index contributed by atoms with van der Waals surface area (Å²) in [6.07, 6.45) is 5.08. The summed E-state index contributed by atoms with van der Waals surface area (Å²) in [6, 6.07) is 12.0. The van der Waals surface area contributed by atoms with E-state index >= 15 is 0 Å². The van der Waals surface area contributed by atoms with Gasteiger partial charge in [0.1, 0.15) is 0 Å². The quantitative estimate of drug-likeness (QED) is 0.846. The normalized spacial score (nSPS) is 22.7. The Bertz CT molecular complexity index is 836. The second-order valence-corrected chi connectivity index (χ2v) is 8.90. The van der Waals surface area contributed by atoms with Crippen LogP contribution in [0.25, 0.3) is 0 Å². The third-order valence-electron chi connectivity index (χ3n) is 5.32. The summed E-state index contributed by atoms with van der Waals surface area (Å²) in [4.78, 5) is 0. The first-order chi connectivity index (χ1) is 12.1. The fourth-order valence-electron chi connectivity index (χ4n) is 3.94. The predicted octanol–water partition coefficient (Wildman–Crippen LogP) is 2.93. The Balaban J connectivity index is 1.76. The van der Waals surface area contributed by atoms with Crippen molar-refractivity contribution in [2.24, 2.45) is 0 Å². The predicted molar refractivity (Wildman–Crippen MR) is 98.5 cm³/mol. The van der Waals surface area contributed by atoms with Crippen LogP contribution >= 0.6 is 0 Å². The molecule has 0 saturated carbocycles. The Hall–Kier alpha value is -1.63. The highest BCUT2D eigenvalue weighted by Crippen LogP contribution is 2.36. The van der Waals surface area contributed by atoms with E-state index in [1.54, 1.807) is 8.61 Å². The number of rotatable bonds is 3. The van der Waals surface area contributed by atoms with Gasteiger partial charge < -0.3 is 4.57 Å². The molecule has 3 heterocycles. The lowest BCUT2D eigenvalue weighted by molar-refractivity contribution is 0.254. The van der Waals surface area contributed by atoms with Gasteiger partial charge in [0.15, 0.2) is 0 Å².